The molecule has 1 aromatic rings. The summed E-state index contributed by atoms with van der Waals surface area (Å²) in [5.41, 5.74) is 2.17. The Labute approximate surface area is 109 Å². The van der Waals surface area contributed by atoms with E-state index in [4.69, 9.17) is 0 Å². The number of rotatable bonds is 5. The van der Waals surface area contributed by atoms with E-state index in [0.29, 0.717) is 5.92 Å². The molecular formula is C16H22O2. The highest BCUT2D eigenvalue weighted by Gasteiger charge is 1.98. The molecule has 0 radical (unpaired) electrons. The Bertz CT molecular complexity index is 420. The lowest BCUT2D eigenvalue weighted by Gasteiger charge is -2.04. The summed E-state index contributed by atoms with van der Waals surface area (Å²) >= 11 is 0. The fourth-order valence-corrected chi connectivity index (χ4v) is 1.72. The zero-order valence-electron chi connectivity index (χ0n) is 11.4. The van der Waals surface area contributed by atoms with Crippen LogP contribution in [0.4, 0.5) is 0 Å². The van der Waals surface area contributed by atoms with E-state index in [2.05, 4.69) is 32.9 Å². The van der Waals surface area contributed by atoms with Crippen molar-refractivity contribution in [1.29, 1.82) is 0 Å². The van der Waals surface area contributed by atoms with Gasteiger partial charge in [0.15, 0.2) is 0 Å². The molecule has 2 nitrogen and oxygen atoms in total. The number of aromatic hydroxyl groups is 2. The molecule has 0 saturated carbocycles. The van der Waals surface area contributed by atoms with Crippen LogP contribution >= 0.6 is 0 Å². The van der Waals surface area contributed by atoms with Crippen LogP contribution in [0.15, 0.2) is 35.9 Å². The summed E-state index contributed by atoms with van der Waals surface area (Å²) < 4.78 is 0. The molecule has 0 spiro atoms. The first-order chi connectivity index (χ1) is 8.47. The molecule has 0 aliphatic carbocycles. The van der Waals surface area contributed by atoms with Gasteiger partial charge in [0.25, 0.3) is 0 Å². The first-order valence-electron chi connectivity index (χ1n) is 6.32. The molecule has 2 heteroatoms. The van der Waals surface area contributed by atoms with E-state index in [0.717, 1.165) is 18.4 Å². The van der Waals surface area contributed by atoms with Gasteiger partial charge in [0, 0.05) is 6.07 Å². The SMILES string of the molecule is CC(C)=CCCC(C)C=Cc1cc(O)cc(O)c1. The zero-order valence-corrected chi connectivity index (χ0v) is 11.4. The predicted octanol–water partition coefficient (Wildman–Crippen LogP) is 4.49. The summed E-state index contributed by atoms with van der Waals surface area (Å²) in [6.07, 6.45) is 8.47. The Morgan fingerprint density at radius 3 is 2.33 bits per heavy atom. The van der Waals surface area contributed by atoms with Gasteiger partial charge in [0.05, 0.1) is 0 Å². The second-order valence-corrected chi connectivity index (χ2v) is 4.98. The summed E-state index contributed by atoms with van der Waals surface area (Å²) in [6, 6.07) is 4.60. The van der Waals surface area contributed by atoms with Crippen molar-refractivity contribution in [3.05, 3.63) is 41.5 Å². The highest BCUT2D eigenvalue weighted by Crippen LogP contribution is 2.22. The van der Waals surface area contributed by atoms with Crippen LogP contribution in [0.5, 0.6) is 11.5 Å². The first kappa shape index (κ1) is 14.4. The second kappa shape index (κ2) is 6.90. The molecule has 1 atom stereocenters. The molecule has 0 aliphatic heterocycles. The Balaban J connectivity index is 2.55. The number of benzene rings is 1. The summed E-state index contributed by atoms with van der Waals surface area (Å²) in [4.78, 5) is 0. The van der Waals surface area contributed by atoms with E-state index >= 15 is 0 Å². The van der Waals surface area contributed by atoms with Gasteiger partial charge in [-0.05, 0) is 50.3 Å². The number of phenols is 2. The average molecular weight is 246 g/mol. The van der Waals surface area contributed by atoms with Gasteiger partial charge in [-0.2, -0.15) is 0 Å². The normalized spacial score (nSPS) is 12.6. The van der Waals surface area contributed by atoms with Crippen LogP contribution in [0.3, 0.4) is 0 Å². The van der Waals surface area contributed by atoms with Gasteiger partial charge < -0.3 is 10.2 Å². The minimum absolute atomic E-state index is 0.0897. The van der Waals surface area contributed by atoms with Crippen LogP contribution in [0.25, 0.3) is 6.08 Å². The molecule has 1 unspecified atom stereocenters. The van der Waals surface area contributed by atoms with Crippen LogP contribution in [0.1, 0.15) is 39.2 Å². The molecule has 0 heterocycles. The quantitative estimate of drug-likeness (QED) is 0.751. The summed E-state index contributed by atoms with van der Waals surface area (Å²) in [5.74, 6) is 0.656. The van der Waals surface area contributed by atoms with Gasteiger partial charge in [0.1, 0.15) is 11.5 Å². The van der Waals surface area contributed by atoms with Crippen molar-refractivity contribution in [3.8, 4) is 11.5 Å². The monoisotopic (exact) mass is 246 g/mol. The maximum absolute atomic E-state index is 9.36. The molecule has 0 fully saturated rings. The van der Waals surface area contributed by atoms with E-state index in [9.17, 15) is 10.2 Å². The molecule has 0 amide bonds. The van der Waals surface area contributed by atoms with Crippen LogP contribution < -0.4 is 0 Å². The van der Waals surface area contributed by atoms with E-state index in [1.54, 1.807) is 12.1 Å². The van der Waals surface area contributed by atoms with Crippen molar-refractivity contribution in [2.45, 2.75) is 33.6 Å². The lowest BCUT2D eigenvalue weighted by atomic mass is 10.0. The van der Waals surface area contributed by atoms with Crippen molar-refractivity contribution in [1.82, 2.24) is 0 Å². The van der Waals surface area contributed by atoms with Crippen LogP contribution in [0.2, 0.25) is 0 Å². The first-order valence-corrected chi connectivity index (χ1v) is 6.32. The minimum atomic E-state index is 0.0897. The lowest BCUT2D eigenvalue weighted by Crippen LogP contribution is -1.88. The molecule has 98 valence electrons. The predicted molar refractivity (Wildman–Crippen MR) is 76.6 cm³/mol. The van der Waals surface area contributed by atoms with Crippen molar-refractivity contribution in [2.75, 3.05) is 0 Å². The third-order valence-electron chi connectivity index (χ3n) is 2.72. The largest absolute Gasteiger partial charge is 0.508 e. The number of hydrogen-bond acceptors (Lipinski definition) is 2. The van der Waals surface area contributed by atoms with Crippen molar-refractivity contribution >= 4 is 6.08 Å². The Hall–Kier alpha value is -1.70. The molecule has 1 aromatic carbocycles. The van der Waals surface area contributed by atoms with E-state index in [-0.39, 0.29) is 11.5 Å². The molecule has 0 bridgehead atoms. The molecule has 18 heavy (non-hydrogen) atoms. The van der Waals surface area contributed by atoms with Gasteiger partial charge in [-0.15, -0.1) is 0 Å². The smallest absolute Gasteiger partial charge is 0.119 e. The summed E-state index contributed by atoms with van der Waals surface area (Å²) in [6.45, 7) is 6.38. The van der Waals surface area contributed by atoms with Crippen LogP contribution in [0, 0.1) is 5.92 Å². The van der Waals surface area contributed by atoms with Gasteiger partial charge in [-0.1, -0.05) is 30.7 Å². The topological polar surface area (TPSA) is 40.5 Å². The Morgan fingerprint density at radius 1 is 1.17 bits per heavy atom. The lowest BCUT2D eigenvalue weighted by molar-refractivity contribution is 0.450. The fourth-order valence-electron chi connectivity index (χ4n) is 1.72. The molecule has 0 aliphatic rings. The number of phenolic OH excluding ortho intramolecular Hbond substituents is 2. The standard InChI is InChI=1S/C16H22O2/c1-12(2)5-4-6-13(3)7-8-14-9-15(17)11-16(18)10-14/h5,7-11,13,17-18H,4,6H2,1-3H3. The van der Waals surface area contributed by atoms with Crippen LogP contribution in [-0.4, -0.2) is 10.2 Å². The van der Waals surface area contributed by atoms with E-state index < -0.39 is 0 Å². The van der Waals surface area contributed by atoms with Crippen molar-refractivity contribution < 1.29 is 10.2 Å². The van der Waals surface area contributed by atoms with Gasteiger partial charge in [-0.3, -0.25) is 0 Å². The number of allylic oxidation sites excluding steroid dienone is 3. The fraction of sp³-hybridized carbons (Fsp3) is 0.375. The molecule has 1 rings (SSSR count). The Morgan fingerprint density at radius 2 is 1.78 bits per heavy atom. The van der Waals surface area contributed by atoms with E-state index in [1.807, 2.05) is 6.08 Å². The highest BCUT2D eigenvalue weighted by molar-refractivity contribution is 5.54. The van der Waals surface area contributed by atoms with E-state index in [1.165, 1.54) is 11.6 Å². The summed E-state index contributed by atoms with van der Waals surface area (Å²) in [5, 5.41) is 18.7. The number of hydrogen-bond donors (Lipinski definition) is 2. The van der Waals surface area contributed by atoms with Gasteiger partial charge >= 0.3 is 0 Å². The van der Waals surface area contributed by atoms with Crippen LogP contribution in [-0.2, 0) is 0 Å². The average Bonchev–Trinajstić information content (AvgIpc) is 2.24. The van der Waals surface area contributed by atoms with Gasteiger partial charge in [-0.25, -0.2) is 0 Å². The maximum atomic E-state index is 9.36. The third-order valence-corrected chi connectivity index (χ3v) is 2.72. The third kappa shape index (κ3) is 5.58. The van der Waals surface area contributed by atoms with Crippen molar-refractivity contribution in [2.24, 2.45) is 5.92 Å². The molecule has 0 aromatic heterocycles. The minimum Gasteiger partial charge on any atom is -0.508 e. The van der Waals surface area contributed by atoms with Gasteiger partial charge in [0.2, 0.25) is 0 Å². The Kier molecular flexibility index (Phi) is 5.50. The molecular weight excluding hydrogens is 224 g/mol. The molecule has 2 N–H and O–H groups in total. The maximum Gasteiger partial charge on any atom is 0.119 e. The summed E-state index contributed by atoms with van der Waals surface area (Å²) in [7, 11) is 0. The highest BCUT2D eigenvalue weighted by atomic mass is 16.3. The van der Waals surface area contributed by atoms with Crippen molar-refractivity contribution in [3.63, 3.8) is 0 Å². The second-order valence-electron chi connectivity index (χ2n) is 4.98. The molecule has 0 saturated heterocycles. The zero-order chi connectivity index (χ0) is 13.5.